The van der Waals surface area contributed by atoms with Crippen LogP contribution in [0.25, 0.3) is 0 Å². The number of carbonyl (C=O) groups is 1. The lowest BCUT2D eigenvalue weighted by atomic mass is 10.0. The lowest BCUT2D eigenvalue weighted by Gasteiger charge is -2.06. The first-order valence-electron chi connectivity index (χ1n) is 11.9. The Kier molecular flexibility index (Phi) is 15.7. The first kappa shape index (κ1) is 25.8. The Morgan fingerprint density at radius 3 is 1.69 bits per heavy atom. The summed E-state index contributed by atoms with van der Waals surface area (Å²) in [5.41, 5.74) is 6.58. The van der Waals surface area contributed by atoms with E-state index in [0.717, 1.165) is 12.8 Å². The van der Waals surface area contributed by atoms with Crippen molar-refractivity contribution in [2.75, 3.05) is 12.3 Å². The Balaban J connectivity index is 1.83. The van der Waals surface area contributed by atoms with E-state index < -0.39 is 0 Å². The van der Waals surface area contributed by atoms with Crippen LogP contribution in [0, 0.1) is 0 Å². The van der Waals surface area contributed by atoms with Crippen LogP contribution in [0.5, 0.6) is 0 Å². The SMILES string of the molecule is CCCCCCCCCCCCCCCCCCOC(=O)c1ccc(Cl)c(N)c1. The number of benzene rings is 1. The average Bonchev–Trinajstić information content (AvgIpc) is 2.72. The van der Waals surface area contributed by atoms with Crippen molar-refractivity contribution in [1.82, 2.24) is 0 Å². The number of rotatable bonds is 18. The third-order valence-electron chi connectivity index (χ3n) is 5.46. The molecule has 0 radical (unpaired) electrons. The van der Waals surface area contributed by atoms with E-state index in [1.807, 2.05) is 0 Å². The molecule has 3 nitrogen and oxygen atoms in total. The Bertz CT molecular complexity index is 548. The monoisotopic (exact) mass is 423 g/mol. The molecule has 4 heteroatoms. The van der Waals surface area contributed by atoms with Gasteiger partial charge < -0.3 is 10.5 Å². The van der Waals surface area contributed by atoms with Gasteiger partial charge in [-0.25, -0.2) is 4.79 Å². The zero-order valence-electron chi connectivity index (χ0n) is 18.5. The maximum absolute atomic E-state index is 11.9. The van der Waals surface area contributed by atoms with Crippen molar-refractivity contribution in [3.63, 3.8) is 0 Å². The van der Waals surface area contributed by atoms with Crippen LogP contribution in [0.2, 0.25) is 5.02 Å². The normalized spacial score (nSPS) is 11.0. The number of halogens is 1. The van der Waals surface area contributed by atoms with E-state index in [-0.39, 0.29) is 5.97 Å². The largest absolute Gasteiger partial charge is 0.462 e. The summed E-state index contributed by atoms with van der Waals surface area (Å²) in [5, 5.41) is 0.458. The van der Waals surface area contributed by atoms with Gasteiger partial charge in [0.2, 0.25) is 0 Å². The Morgan fingerprint density at radius 1 is 0.793 bits per heavy atom. The zero-order valence-corrected chi connectivity index (χ0v) is 19.3. The van der Waals surface area contributed by atoms with Crippen molar-refractivity contribution in [2.45, 2.75) is 110 Å². The van der Waals surface area contributed by atoms with Gasteiger partial charge in [0, 0.05) is 0 Å². The highest BCUT2D eigenvalue weighted by molar-refractivity contribution is 6.33. The molecule has 0 fully saturated rings. The van der Waals surface area contributed by atoms with E-state index in [0.29, 0.717) is 22.9 Å². The summed E-state index contributed by atoms with van der Waals surface area (Å²) in [7, 11) is 0. The molecular weight excluding hydrogens is 382 g/mol. The quantitative estimate of drug-likeness (QED) is 0.146. The topological polar surface area (TPSA) is 52.3 Å². The Labute approximate surface area is 183 Å². The van der Waals surface area contributed by atoms with Gasteiger partial charge >= 0.3 is 5.97 Å². The minimum absolute atomic E-state index is 0.325. The van der Waals surface area contributed by atoms with Crippen molar-refractivity contribution in [1.29, 1.82) is 0 Å². The molecule has 0 saturated carbocycles. The van der Waals surface area contributed by atoms with Crippen LogP contribution in [0.3, 0.4) is 0 Å². The lowest BCUT2D eigenvalue weighted by molar-refractivity contribution is 0.0497. The van der Waals surface area contributed by atoms with Crippen molar-refractivity contribution in [2.24, 2.45) is 0 Å². The second kappa shape index (κ2) is 17.6. The molecule has 0 aliphatic heterocycles. The molecule has 0 spiro atoms. The van der Waals surface area contributed by atoms with Crippen LogP contribution >= 0.6 is 11.6 Å². The Morgan fingerprint density at radius 2 is 1.24 bits per heavy atom. The molecule has 1 rings (SSSR count). The molecule has 0 aliphatic rings. The molecule has 2 N–H and O–H groups in total. The van der Waals surface area contributed by atoms with Crippen LogP contribution in [-0.4, -0.2) is 12.6 Å². The van der Waals surface area contributed by atoms with Crippen molar-refractivity contribution in [3.05, 3.63) is 28.8 Å². The molecule has 0 aliphatic carbocycles. The van der Waals surface area contributed by atoms with E-state index in [4.69, 9.17) is 22.1 Å². The highest BCUT2D eigenvalue weighted by Crippen LogP contribution is 2.20. The number of ether oxygens (including phenoxy) is 1. The Hall–Kier alpha value is -1.22. The van der Waals surface area contributed by atoms with Crippen LogP contribution in [0.15, 0.2) is 18.2 Å². The molecule has 0 saturated heterocycles. The first-order chi connectivity index (χ1) is 14.1. The van der Waals surface area contributed by atoms with E-state index in [9.17, 15) is 4.79 Å². The van der Waals surface area contributed by atoms with Crippen LogP contribution in [-0.2, 0) is 4.74 Å². The number of esters is 1. The molecule has 0 atom stereocenters. The maximum Gasteiger partial charge on any atom is 0.338 e. The van der Waals surface area contributed by atoms with Gasteiger partial charge in [0.1, 0.15) is 0 Å². The highest BCUT2D eigenvalue weighted by Gasteiger charge is 2.08. The second-order valence-electron chi connectivity index (χ2n) is 8.18. The van der Waals surface area contributed by atoms with Gasteiger partial charge in [0.15, 0.2) is 0 Å². The van der Waals surface area contributed by atoms with Crippen molar-refractivity contribution < 1.29 is 9.53 Å². The fourth-order valence-corrected chi connectivity index (χ4v) is 3.69. The number of unbranched alkanes of at least 4 members (excludes halogenated alkanes) is 15. The highest BCUT2D eigenvalue weighted by atomic mass is 35.5. The molecule has 0 amide bonds. The van der Waals surface area contributed by atoms with E-state index >= 15 is 0 Å². The molecule has 0 heterocycles. The molecule has 0 unspecified atom stereocenters. The fourth-order valence-electron chi connectivity index (χ4n) is 3.57. The third kappa shape index (κ3) is 13.6. The van der Waals surface area contributed by atoms with Crippen molar-refractivity contribution >= 4 is 23.3 Å². The minimum Gasteiger partial charge on any atom is -0.462 e. The van der Waals surface area contributed by atoms with Crippen LogP contribution in [0.4, 0.5) is 5.69 Å². The fraction of sp³-hybridized carbons (Fsp3) is 0.720. The molecule has 0 aromatic heterocycles. The van der Waals surface area contributed by atoms with E-state index in [1.54, 1.807) is 18.2 Å². The molecule has 0 bridgehead atoms. The summed E-state index contributed by atoms with van der Waals surface area (Å²) in [6, 6.07) is 4.84. The van der Waals surface area contributed by atoms with Crippen LogP contribution in [0.1, 0.15) is 120 Å². The number of nitrogens with two attached hydrogens (primary N) is 1. The van der Waals surface area contributed by atoms with Gasteiger partial charge in [0.05, 0.1) is 22.9 Å². The minimum atomic E-state index is -0.325. The summed E-state index contributed by atoms with van der Waals surface area (Å²) in [5.74, 6) is -0.325. The predicted octanol–water partition coefficient (Wildman–Crippen LogP) is 8.34. The summed E-state index contributed by atoms with van der Waals surface area (Å²) in [6.07, 6.45) is 21.4. The number of nitrogen functional groups attached to an aromatic ring is 1. The van der Waals surface area contributed by atoms with Gasteiger partial charge in [-0.1, -0.05) is 115 Å². The average molecular weight is 424 g/mol. The van der Waals surface area contributed by atoms with Crippen molar-refractivity contribution in [3.8, 4) is 0 Å². The van der Waals surface area contributed by atoms with Gasteiger partial charge in [-0.15, -0.1) is 0 Å². The molecular formula is C25H42ClNO2. The van der Waals surface area contributed by atoms with Gasteiger partial charge in [-0.3, -0.25) is 0 Å². The van der Waals surface area contributed by atoms with Gasteiger partial charge in [-0.2, -0.15) is 0 Å². The van der Waals surface area contributed by atoms with E-state index in [2.05, 4.69) is 6.92 Å². The number of hydrogen-bond donors (Lipinski definition) is 1. The van der Waals surface area contributed by atoms with Gasteiger partial charge in [0.25, 0.3) is 0 Å². The number of carbonyl (C=O) groups excluding carboxylic acids is 1. The number of hydrogen-bond acceptors (Lipinski definition) is 3. The third-order valence-corrected chi connectivity index (χ3v) is 5.81. The lowest BCUT2D eigenvalue weighted by Crippen LogP contribution is -2.07. The summed E-state index contributed by atoms with van der Waals surface area (Å²) >= 11 is 5.86. The smallest absolute Gasteiger partial charge is 0.338 e. The summed E-state index contributed by atoms with van der Waals surface area (Å²) in [4.78, 5) is 11.9. The maximum atomic E-state index is 11.9. The van der Waals surface area contributed by atoms with E-state index in [1.165, 1.54) is 89.9 Å². The number of anilines is 1. The zero-order chi connectivity index (χ0) is 21.2. The summed E-state index contributed by atoms with van der Waals surface area (Å²) in [6.45, 7) is 2.75. The molecule has 166 valence electrons. The molecule has 1 aromatic carbocycles. The first-order valence-corrected chi connectivity index (χ1v) is 12.2. The van der Waals surface area contributed by atoms with Gasteiger partial charge in [-0.05, 0) is 24.6 Å². The second-order valence-corrected chi connectivity index (χ2v) is 8.58. The summed E-state index contributed by atoms with van der Waals surface area (Å²) < 4.78 is 5.30. The molecule has 29 heavy (non-hydrogen) atoms. The molecule has 1 aromatic rings. The van der Waals surface area contributed by atoms with Crippen LogP contribution < -0.4 is 5.73 Å². The standard InChI is InChI=1S/C25H42ClNO2/c1-2-3-4-5-6-7-8-9-10-11-12-13-14-15-16-17-20-29-25(28)22-18-19-23(26)24(27)21-22/h18-19,21H,2-17,20,27H2,1H3. The predicted molar refractivity (Wildman–Crippen MR) is 126 cm³/mol.